The quantitative estimate of drug-likeness (QED) is 0.444. The van der Waals surface area contributed by atoms with E-state index in [-0.39, 0.29) is 0 Å². The zero-order valence-corrected chi connectivity index (χ0v) is 20.3. The predicted octanol–water partition coefficient (Wildman–Crippen LogP) is 5.86. The van der Waals surface area contributed by atoms with Gasteiger partial charge in [0, 0.05) is 28.0 Å². The molecule has 0 spiro atoms. The van der Waals surface area contributed by atoms with Crippen molar-refractivity contribution < 1.29 is 9.53 Å². The van der Waals surface area contributed by atoms with Crippen LogP contribution in [0.4, 0.5) is 10.5 Å². The molecule has 3 N–H and O–H groups in total. The molecule has 0 radical (unpaired) electrons. The van der Waals surface area contributed by atoms with Gasteiger partial charge in [-0.3, -0.25) is 10.4 Å². The Hall–Kier alpha value is -4.56. The van der Waals surface area contributed by atoms with Gasteiger partial charge in [0.15, 0.2) is 0 Å². The summed E-state index contributed by atoms with van der Waals surface area (Å²) in [5.41, 5.74) is 5.83. The van der Waals surface area contributed by atoms with Crippen LogP contribution in [-0.4, -0.2) is 21.9 Å². The summed E-state index contributed by atoms with van der Waals surface area (Å²) in [6, 6.07) is 17.7. The highest BCUT2D eigenvalue weighted by Crippen LogP contribution is 2.39. The lowest BCUT2D eigenvalue weighted by Crippen LogP contribution is -2.27. The number of carbonyl (C=O) groups excluding carboxylic acids is 1. The lowest BCUT2D eigenvalue weighted by molar-refractivity contribution is 0.0636. The Kier molecular flexibility index (Phi) is 6.07. The van der Waals surface area contributed by atoms with Crippen molar-refractivity contribution in [2.75, 3.05) is 5.32 Å². The number of rotatable bonds is 3. The maximum Gasteiger partial charge on any atom is 0.412 e. The molecule has 35 heavy (non-hydrogen) atoms. The average Bonchev–Trinajstić information content (AvgIpc) is 3.21. The molecule has 1 aliphatic heterocycles. The van der Waals surface area contributed by atoms with Gasteiger partial charge >= 0.3 is 6.09 Å². The first-order valence-corrected chi connectivity index (χ1v) is 11.2. The summed E-state index contributed by atoms with van der Waals surface area (Å²) in [5, 5.41) is 33.9. The number of nitriles is 2. The van der Waals surface area contributed by atoms with E-state index in [4.69, 9.17) is 4.74 Å². The third kappa shape index (κ3) is 4.73. The molecule has 0 aliphatic carbocycles. The van der Waals surface area contributed by atoms with Gasteiger partial charge in [-0.1, -0.05) is 18.2 Å². The molecule has 2 heterocycles. The summed E-state index contributed by atoms with van der Waals surface area (Å²) >= 11 is 0. The zero-order valence-electron chi connectivity index (χ0n) is 20.3. The van der Waals surface area contributed by atoms with Gasteiger partial charge in [-0.05, 0) is 64.4 Å². The number of nitrogens with zero attached hydrogens (tertiary/aromatic N) is 3. The van der Waals surface area contributed by atoms with Crippen molar-refractivity contribution in [3.63, 3.8) is 0 Å². The van der Waals surface area contributed by atoms with E-state index in [9.17, 15) is 15.3 Å². The van der Waals surface area contributed by atoms with Crippen molar-refractivity contribution >= 4 is 22.7 Å². The van der Waals surface area contributed by atoms with Gasteiger partial charge in [-0.15, -0.1) is 0 Å². The highest BCUT2D eigenvalue weighted by Gasteiger charge is 2.29. The number of hydrogen-bond donors (Lipinski definition) is 3. The molecule has 1 amide bonds. The summed E-state index contributed by atoms with van der Waals surface area (Å²) < 4.78 is 5.30. The first kappa shape index (κ1) is 23.6. The van der Waals surface area contributed by atoms with Crippen molar-refractivity contribution in [3.05, 3.63) is 70.6 Å². The third-order valence-corrected chi connectivity index (χ3v) is 5.73. The second kappa shape index (κ2) is 9.00. The SMILES string of the molecule is CC1=C(C#N)C(c2ccc3[nH]nc(-c4ccc(NC(=O)OC(C)(C)C)cc4)c3c2)C(C#N)=C(C)N1. The molecular formula is C27H26N6O2. The van der Waals surface area contributed by atoms with Crippen LogP contribution in [0.15, 0.2) is 65.0 Å². The zero-order chi connectivity index (χ0) is 25.3. The summed E-state index contributed by atoms with van der Waals surface area (Å²) in [4.78, 5) is 12.0. The number of hydrogen-bond acceptors (Lipinski definition) is 6. The Morgan fingerprint density at radius 1 is 1.03 bits per heavy atom. The number of ether oxygens (including phenoxy) is 1. The van der Waals surface area contributed by atoms with Gasteiger partial charge in [0.2, 0.25) is 0 Å². The summed E-state index contributed by atoms with van der Waals surface area (Å²) in [5.74, 6) is -0.446. The predicted molar refractivity (Wildman–Crippen MR) is 134 cm³/mol. The topological polar surface area (TPSA) is 127 Å². The Morgan fingerprint density at radius 2 is 1.66 bits per heavy atom. The van der Waals surface area contributed by atoms with Crippen molar-refractivity contribution in [1.82, 2.24) is 15.5 Å². The lowest BCUT2D eigenvalue weighted by Gasteiger charge is -2.26. The number of dihydropyridines is 1. The molecule has 0 unspecified atom stereocenters. The number of amides is 1. The molecule has 0 fully saturated rings. The van der Waals surface area contributed by atoms with Crippen molar-refractivity contribution in [3.8, 4) is 23.4 Å². The number of fused-ring (bicyclic) bond motifs is 1. The number of aromatic nitrogens is 2. The van der Waals surface area contributed by atoms with Crippen LogP contribution < -0.4 is 10.6 Å². The monoisotopic (exact) mass is 466 g/mol. The highest BCUT2D eigenvalue weighted by atomic mass is 16.6. The minimum absolute atomic E-state index is 0.446. The van der Waals surface area contributed by atoms with Crippen LogP contribution in [-0.2, 0) is 4.74 Å². The fourth-order valence-corrected chi connectivity index (χ4v) is 4.19. The fraction of sp³-hybridized carbons (Fsp3) is 0.259. The van der Waals surface area contributed by atoms with Gasteiger partial charge < -0.3 is 10.1 Å². The van der Waals surface area contributed by atoms with E-state index in [2.05, 4.69) is 33.0 Å². The average molecular weight is 467 g/mol. The maximum atomic E-state index is 12.0. The first-order chi connectivity index (χ1) is 16.6. The third-order valence-electron chi connectivity index (χ3n) is 5.73. The molecule has 3 aromatic rings. The van der Waals surface area contributed by atoms with E-state index in [0.29, 0.717) is 16.8 Å². The number of benzene rings is 2. The molecule has 0 bridgehead atoms. The number of aromatic amines is 1. The summed E-state index contributed by atoms with van der Waals surface area (Å²) in [6.07, 6.45) is -0.518. The van der Waals surface area contributed by atoms with E-state index in [1.54, 1.807) is 12.1 Å². The molecule has 4 rings (SSSR count). The Balaban J connectivity index is 1.69. The van der Waals surface area contributed by atoms with E-state index >= 15 is 0 Å². The number of anilines is 1. The summed E-state index contributed by atoms with van der Waals surface area (Å²) in [7, 11) is 0. The van der Waals surface area contributed by atoms with Crippen LogP contribution in [0.3, 0.4) is 0 Å². The van der Waals surface area contributed by atoms with E-state index in [1.165, 1.54) is 0 Å². The van der Waals surface area contributed by atoms with Crippen molar-refractivity contribution in [1.29, 1.82) is 10.5 Å². The minimum atomic E-state index is -0.581. The minimum Gasteiger partial charge on any atom is -0.444 e. The number of allylic oxidation sites excluding steroid dienone is 4. The number of nitrogens with one attached hydrogen (secondary N) is 3. The Bertz CT molecular complexity index is 1420. The van der Waals surface area contributed by atoms with Crippen molar-refractivity contribution in [2.24, 2.45) is 0 Å². The first-order valence-electron chi connectivity index (χ1n) is 11.2. The van der Waals surface area contributed by atoms with Gasteiger partial charge in [-0.25, -0.2) is 4.79 Å². The molecule has 0 saturated heterocycles. The van der Waals surface area contributed by atoms with Gasteiger partial charge in [0.05, 0.1) is 40.4 Å². The molecule has 176 valence electrons. The maximum absolute atomic E-state index is 12.0. The molecule has 0 saturated carbocycles. The molecule has 8 nitrogen and oxygen atoms in total. The van der Waals surface area contributed by atoms with Crippen LogP contribution in [0.25, 0.3) is 22.2 Å². The Labute approximate surface area is 203 Å². The van der Waals surface area contributed by atoms with Crippen LogP contribution in [0.1, 0.15) is 46.1 Å². The molecule has 2 aromatic carbocycles. The molecule has 1 aromatic heterocycles. The second-order valence-electron chi connectivity index (χ2n) is 9.44. The van der Waals surface area contributed by atoms with E-state index < -0.39 is 17.6 Å². The van der Waals surface area contributed by atoms with Crippen LogP contribution in [0.2, 0.25) is 0 Å². The standard InChI is InChI=1S/C27H26N6O2/c1-15-21(13-28)24(22(14-29)16(2)30-15)18-8-11-23-20(12-18)25(33-32-23)17-6-9-19(10-7-17)31-26(34)35-27(3,4)5/h6-12,24,30H,1-5H3,(H,31,34)(H,32,33). The number of H-pyrrole nitrogens is 1. The second-order valence-corrected chi connectivity index (χ2v) is 9.44. The molecule has 8 heteroatoms. The molecular weight excluding hydrogens is 440 g/mol. The van der Waals surface area contributed by atoms with Crippen LogP contribution in [0.5, 0.6) is 0 Å². The van der Waals surface area contributed by atoms with Crippen LogP contribution >= 0.6 is 0 Å². The molecule has 1 aliphatic rings. The smallest absolute Gasteiger partial charge is 0.412 e. The largest absolute Gasteiger partial charge is 0.444 e. The highest BCUT2D eigenvalue weighted by molar-refractivity contribution is 5.94. The number of carbonyl (C=O) groups is 1. The van der Waals surface area contributed by atoms with Crippen molar-refractivity contribution in [2.45, 2.75) is 46.1 Å². The fourth-order valence-electron chi connectivity index (χ4n) is 4.19. The lowest BCUT2D eigenvalue weighted by atomic mass is 9.81. The molecule has 0 atom stereocenters. The van der Waals surface area contributed by atoms with Crippen LogP contribution in [0, 0.1) is 22.7 Å². The Morgan fingerprint density at radius 3 is 2.23 bits per heavy atom. The van der Waals surface area contributed by atoms with Gasteiger partial charge in [-0.2, -0.15) is 15.6 Å². The van der Waals surface area contributed by atoms with E-state index in [0.717, 1.165) is 39.1 Å². The van der Waals surface area contributed by atoms with Gasteiger partial charge in [0.1, 0.15) is 5.60 Å². The normalized spacial score (nSPS) is 14.4. The van der Waals surface area contributed by atoms with Gasteiger partial charge in [0.25, 0.3) is 0 Å². The summed E-state index contributed by atoms with van der Waals surface area (Å²) in [6.45, 7) is 9.12. The van der Waals surface area contributed by atoms with E-state index in [1.807, 2.05) is 65.0 Å².